The molecule has 13 nitrogen and oxygen atoms in total. The van der Waals surface area contributed by atoms with Gasteiger partial charge in [0.15, 0.2) is 5.96 Å². The van der Waals surface area contributed by atoms with Gasteiger partial charge in [0.1, 0.15) is 17.6 Å². The van der Waals surface area contributed by atoms with Gasteiger partial charge in [-0.3, -0.25) is 0 Å². The molecule has 9 aliphatic rings. The maximum absolute atomic E-state index is 14.4. The molecule has 6 heterocycles. The molecule has 438 valence electrons. The number of phenolic OH excluding ortho intramolecular Hbond substituents is 1. The molecular weight excluding hydrogens is 1080 g/mol. The number of hydrogen-bond acceptors (Lipinski definition) is 11. The number of fused-ring (bicyclic) bond motifs is 9. The van der Waals surface area contributed by atoms with Gasteiger partial charge in [-0.25, -0.2) is 13.4 Å². The molecule has 10 bridgehead atoms. The van der Waals surface area contributed by atoms with Crippen molar-refractivity contribution in [2.75, 3.05) is 26.2 Å². The second-order valence-corrected chi connectivity index (χ2v) is 27.1. The number of aliphatic hydroxyl groups is 2. The summed E-state index contributed by atoms with van der Waals surface area (Å²) in [6.07, 6.45) is 9.43. The van der Waals surface area contributed by atoms with Crippen LogP contribution >= 0.6 is 0 Å². The molecule has 1 saturated carbocycles. The summed E-state index contributed by atoms with van der Waals surface area (Å²) in [4.78, 5) is 5.20. The Hall–Kier alpha value is -5.02. The number of nitrogens with one attached hydrogen (secondary N) is 2. The monoisotopic (exact) mass is 1160 g/mol. The van der Waals surface area contributed by atoms with E-state index in [0.717, 1.165) is 85.1 Å². The van der Waals surface area contributed by atoms with E-state index in [4.69, 9.17) is 25.9 Å². The van der Waals surface area contributed by atoms with Gasteiger partial charge in [-0.2, -0.15) is 0 Å². The van der Waals surface area contributed by atoms with E-state index in [0.29, 0.717) is 61.8 Å². The topological polar surface area (TPSA) is 225 Å². The first-order valence-corrected chi connectivity index (χ1v) is 32.1. The van der Waals surface area contributed by atoms with Crippen molar-refractivity contribution < 1.29 is 67.3 Å². The standard InChI is InChI=1S/C69H83N5O8S.Na/c1-3-72-40-63-61-35-47(17-16-45(61)26-28-73-63)50-13-8-27-68(77,38-50)54(29-43-9-5-4-6-10-43)39-69(74-67(70)71)53-20-18-46(19-21-53)65-51-31-52(66-59-24-22-55(76)32-48(59)12-7-11-44(41-75)30-57(34-51)81-66)36-62(65)64(83(78,79)80)37-60-42(2)14-15-49-33-56(82-69)23-25-58(49)60;/h4-6,9-10,16-25,32-33,35-36,42,44,50-51,54,57,60,62-66,72-73,75-77H,3,8,11,13-15,26-31,34,37-41H2,1-2H3,(H4,70,71,74)(H,78,79,80);/q;+1/p-1/t42-,44+,50+,51-,54-,57-,60+,62-,63+,64-,65+,66-,68-,69-;/m1./s1. The number of nitrogens with zero attached hydrogens (tertiary/aromatic N) is 1. The Morgan fingerprint density at radius 2 is 1.73 bits per heavy atom. The Kier molecular flexibility index (Phi) is 18.3. The number of benzene rings is 5. The van der Waals surface area contributed by atoms with Crippen molar-refractivity contribution in [3.05, 3.63) is 176 Å². The number of nitrogens with two attached hydrogens (primary N) is 2. The number of aromatic hydroxyl groups is 1. The molecule has 0 unspecified atom stereocenters. The molecule has 5 aromatic carbocycles. The van der Waals surface area contributed by atoms with E-state index in [9.17, 15) is 28.3 Å². The van der Waals surface area contributed by atoms with Crippen molar-refractivity contribution in [2.24, 2.45) is 46.0 Å². The summed E-state index contributed by atoms with van der Waals surface area (Å²) >= 11 is 0. The van der Waals surface area contributed by atoms with E-state index in [1.807, 2.05) is 54.6 Å². The number of likely N-dealkylation sites (N-methyl/N-ethyl adjacent to an activating group) is 1. The van der Waals surface area contributed by atoms with Crippen molar-refractivity contribution >= 4 is 16.1 Å². The molecule has 0 amide bonds. The van der Waals surface area contributed by atoms with Gasteiger partial charge in [0.2, 0.25) is 5.72 Å². The van der Waals surface area contributed by atoms with E-state index < -0.39 is 50.6 Å². The Balaban J connectivity index is 0.00000736. The van der Waals surface area contributed by atoms with E-state index in [1.165, 1.54) is 16.7 Å². The van der Waals surface area contributed by atoms with E-state index >= 15 is 0 Å². The maximum Gasteiger partial charge on any atom is 1.00 e. The van der Waals surface area contributed by atoms with Gasteiger partial charge in [0.05, 0.1) is 27.1 Å². The van der Waals surface area contributed by atoms with Crippen molar-refractivity contribution in [3.63, 3.8) is 0 Å². The molecule has 14 atom stereocenters. The van der Waals surface area contributed by atoms with Crippen LogP contribution in [0.25, 0.3) is 0 Å². The van der Waals surface area contributed by atoms with Crippen molar-refractivity contribution in [3.8, 4) is 23.3 Å². The van der Waals surface area contributed by atoms with Crippen LogP contribution in [-0.2, 0) is 39.8 Å². The Labute approximate surface area is 518 Å². The summed E-state index contributed by atoms with van der Waals surface area (Å²) in [5.41, 5.74) is 21.4. The predicted molar refractivity (Wildman–Crippen MR) is 323 cm³/mol. The van der Waals surface area contributed by atoms with Crippen LogP contribution in [0.4, 0.5) is 0 Å². The molecule has 6 aliphatic heterocycles. The van der Waals surface area contributed by atoms with Crippen LogP contribution in [0.2, 0.25) is 0 Å². The third-order valence-electron chi connectivity index (χ3n) is 20.3. The zero-order valence-electron chi connectivity index (χ0n) is 49.0. The SMILES string of the molecule is CCNC[C@@H]1NCCc2ccc([C@H]3CCC[C@](O)([C@H](Cc4ccccc4)C[C@@]4(N=C(N)N)Oc5ccc6c(c5)CC[C@@H](C)[C@@H]6C[C@@H](S(=O)(=O)[O-])[C@H]5C=C6C[C@H](C[C@H]7C[C@@H](CO)CC#Cc8cc(O)ccc8[C@@H]6O7)[C@@H]5c5ccc4cc5)C3)cc21.[Na+]. The first kappa shape index (κ1) is 60.7. The Morgan fingerprint density at radius 1 is 0.929 bits per heavy atom. The predicted octanol–water partition coefficient (Wildman–Crippen LogP) is 6.95. The third-order valence-corrected chi connectivity index (χ3v) is 21.6. The molecule has 5 aromatic rings. The summed E-state index contributed by atoms with van der Waals surface area (Å²) < 4.78 is 57.8. The summed E-state index contributed by atoms with van der Waals surface area (Å²) in [7, 11) is -4.95. The number of allylic oxidation sites excluding steroid dienone is 1. The van der Waals surface area contributed by atoms with Crippen LogP contribution in [0, 0.1) is 41.4 Å². The van der Waals surface area contributed by atoms with E-state index in [1.54, 1.807) is 12.1 Å². The number of guanidine groups is 1. The quantitative estimate of drug-likeness (QED) is 0.0168. The number of hydrogen-bond donors (Lipinski definition) is 7. The second kappa shape index (κ2) is 25.4. The number of aryl methyl sites for hydroxylation is 1. The van der Waals surface area contributed by atoms with Crippen LogP contribution in [-0.4, -0.2) is 77.4 Å². The number of aliphatic hydroxyl groups excluding tert-OH is 1. The van der Waals surface area contributed by atoms with Gasteiger partial charge in [0, 0.05) is 48.7 Å². The van der Waals surface area contributed by atoms with E-state index in [2.05, 4.69) is 84.9 Å². The largest absolute Gasteiger partial charge is 1.00 e. The third kappa shape index (κ3) is 12.6. The van der Waals surface area contributed by atoms with Crippen LogP contribution in [0.3, 0.4) is 0 Å². The molecule has 9 N–H and O–H groups in total. The number of aliphatic imine (C=N–C) groups is 1. The van der Waals surface area contributed by atoms with Crippen LogP contribution in [0.5, 0.6) is 11.5 Å². The molecule has 2 fully saturated rings. The molecule has 14 rings (SSSR count). The van der Waals surface area contributed by atoms with Gasteiger partial charge in [-0.1, -0.05) is 117 Å². The van der Waals surface area contributed by atoms with E-state index in [-0.39, 0.29) is 102 Å². The minimum atomic E-state index is -4.95. The number of phenols is 1. The van der Waals surface area contributed by atoms with Gasteiger partial charge in [-0.05, 0) is 206 Å². The molecular formula is C69H82N5NaO8S. The van der Waals surface area contributed by atoms with Crippen molar-refractivity contribution in [1.82, 2.24) is 10.6 Å². The molecule has 0 spiro atoms. The van der Waals surface area contributed by atoms with Gasteiger partial charge in [0.25, 0.3) is 0 Å². The number of rotatable bonds is 12. The zero-order chi connectivity index (χ0) is 57.6. The average molecular weight is 1160 g/mol. The minimum absolute atomic E-state index is 0. The van der Waals surface area contributed by atoms with Crippen molar-refractivity contribution in [2.45, 2.75) is 156 Å². The summed E-state index contributed by atoms with van der Waals surface area (Å²) in [6.45, 7) is 6.90. The summed E-state index contributed by atoms with van der Waals surface area (Å²) in [5, 5.41) is 41.2. The molecule has 15 heteroatoms. The van der Waals surface area contributed by atoms with Gasteiger partial charge >= 0.3 is 29.6 Å². The number of ether oxygens (including phenoxy) is 2. The normalized spacial score (nSPS) is 31.0. The fourth-order valence-electron chi connectivity index (χ4n) is 16.2. The molecule has 1 saturated heterocycles. The summed E-state index contributed by atoms with van der Waals surface area (Å²) in [5.74, 6) is 4.96. The fourth-order valence-corrected chi connectivity index (χ4v) is 17.3. The van der Waals surface area contributed by atoms with Crippen LogP contribution in [0.1, 0.15) is 170 Å². The Morgan fingerprint density at radius 3 is 2.50 bits per heavy atom. The molecule has 84 heavy (non-hydrogen) atoms. The van der Waals surface area contributed by atoms with Crippen LogP contribution in [0.15, 0.2) is 126 Å². The smallest absolute Gasteiger partial charge is 0.748 e. The molecule has 0 aromatic heterocycles. The average Bonchev–Trinajstić information content (AvgIpc) is 1.77. The van der Waals surface area contributed by atoms with Gasteiger partial charge < -0.3 is 51.4 Å². The minimum Gasteiger partial charge on any atom is -0.748 e. The summed E-state index contributed by atoms with van der Waals surface area (Å²) in [6, 6.07) is 36.8. The van der Waals surface area contributed by atoms with Gasteiger partial charge in [-0.15, -0.1) is 0 Å². The zero-order valence-corrected chi connectivity index (χ0v) is 51.8. The van der Waals surface area contributed by atoms with Crippen LogP contribution < -0.4 is 56.4 Å². The first-order valence-electron chi connectivity index (χ1n) is 30.7. The fraction of sp³-hybridized carbons (Fsp3) is 0.493. The second-order valence-electron chi connectivity index (χ2n) is 25.5. The molecule has 3 aliphatic carbocycles. The Bertz CT molecular complexity index is 3420. The molecule has 0 radical (unpaired) electrons. The first-order chi connectivity index (χ1) is 40.1. The van der Waals surface area contributed by atoms with Crippen molar-refractivity contribution in [1.29, 1.82) is 0 Å². The maximum atomic E-state index is 14.4.